The standard InChI is InChI=1S/C22H15IO7/c23-13-4-1-11(2-5-13)10-29-14-8-17(26)19-18(9-14)30-22(21(28)20(19)27)12-3-6-15(24)16(25)7-12/h1-9,24-26,28H,10H2. The smallest absolute Gasteiger partial charge is 0.238 e. The van der Waals surface area contributed by atoms with Gasteiger partial charge in [-0.05, 0) is 58.5 Å². The van der Waals surface area contributed by atoms with Crippen LogP contribution in [0.25, 0.3) is 22.3 Å². The molecule has 0 bridgehead atoms. The first kappa shape index (κ1) is 19.9. The van der Waals surface area contributed by atoms with E-state index in [1.54, 1.807) is 0 Å². The molecular weight excluding hydrogens is 503 g/mol. The number of halogens is 1. The van der Waals surface area contributed by atoms with Gasteiger partial charge in [0.25, 0.3) is 0 Å². The van der Waals surface area contributed by atoms with Crippen LogP contribution in [0, 0.1) is 3.57 Å². The average molecular weight is 518 g/mol. The Hall–Kier alpha value is -3.40. The van der Waals surface area contributed by atoms with Crippen molar-refractivity contribution < 1.29 is 29.6 Å². The molecule has 0 saturated carbocycles. The molecule has 3 aromatic carbocycles. The Kier molecular flexibility index (Phi) is 5.17. The average Bonchev–Trinajstić information content (AvgIpc) is 2.72. The first-order valence-corrected chi connectivity index (χ1v) is 9.83. The zero-order chi connectivity index (χ0) is 21.4. The van der Waals surface area contributed by atoms with E-state index in [0.29, 0.717) is 0 Å². The molecule has 7 nitrogen and oxygen atoms in total. The SMILES string of the molecule is O=c1c(O)c(-c2ccc(O)c(O)c2)oc2cc(OCc3ccc(I)cc3)cc(O)c12. The van der Waals surface area contributed by atoms with Gasteiger partial charge in [-0.2, -0.15) is 0 Å². The second-order valence-corrected chi connectivity index (χ2v) is 7.79. The van der Waals surface area contributed by atoms with E-state index < -0.39 is 22.7 Å². The van der Waals surface area contributed by atoms with Gasteiger partial charge in [0.2, 0.25) is 11.2 Å². The lowest BCUT2D eigenvalue weighted by Crippen LogP contribution is -2.04. The van der Waals surface area contributed by atoms with Crippen LogP contribution in [0.4, 0.5) is 0 Å². The summed E-state index contributed by atoms with van der Waals surface area (Å²) < 4.78 is 12.5. The maximum atomic E-state index is 12.6. The van der Waals surface area contributed by atoms with Crippen LogP contribution in [-0.2, 0) is 6.61 Å². The van der Waals surface area contributed by atoms with E-state index in [1.165, 1.54) is 24.3 Å². The summed E-state index contributed by atoms with van der Waals surface area (Å²) in [6, 6.07) is 14.1. The van der Waals surface area contributed by atoms with Gasteiger partial charge in [0, 0.05) is 21.3 Å². The number of phenolic OH excluding ortho intramolecular Hbond substituents is 3. The first-order chi connectivity index (χ1) is 14.3. The maximum Gasteiger partial charge on any atom is 0.238 e. The number of ether oxygens (including phenoxy) is 1. The number of phenols is 3. The molecule has 1 aromatic heterocycles. The first-order valence-electron chi connectivity index (χ1n) is 8.76. The number of hydrogen-bond donors (Lipinski definition) is 4. The van der Waals surface area contributed by atoms with Gasteiger partial charge < -0.3 is 29.6 Å². The van der Waals surface area contributed by atoms with Crippen molar-refractivity contribution in [2.75, 3.05) is 0 Å². The lowest BCUT2D eigenvalue weighted by molar-refractivity contribution is 0.304. The van der Waals surface area contributed by atoms with E-state index in [1.807, 2.05) is 24.3 Å². The molecule has 0 spiro atoms. The molecule has 4 rings (SSSR count). The molecule has 30 heavy (non-hydrogen) atoms. The summed E-state index contributed by atoms with van der Waals surface area (Å²) in [5.74, 6) is -1.86. The third-order valence-electron chi connectivity index (χ3n) is 4.48. The molecule has 8 heteroatoms. The zero-order valence-electron chi connectivity index (χ0n) is 15.3. The monoisotopic (exact) mass is 518 g/mol. The van der Waals surface area contributed by atoms with Gasteiger partial charge in [-0.15, -0.1) is 0 Å². The summed E-state index contributed by atoms with van der Waals surface area (Å²) in [7, 11) is 0. The van der Waals surface area contributed by atoms with Crippen molar-refractivity contribution in [1.29, 1.82) is 0 Å². The Labute approximate surface area is 183 Å². The van der Waals surface area contributed by atoms with Crippen molar-refractivity contribution in [3.05, 3.63) is 74.0 Å². The molecule has 0 saturated heterocycles. The summed E-state index contributed by atoms with van der Waals surface area (Å²) in [5.41, 5.74) is 0.257. The number of benzene rings is 3. The number of rotatable bonds is 4. The highest BCUT2D eigenvalue weighted by Crippen LogP contribution is 2.38. The quantitative estimate of drug-likeness (QED) is 0.233. The van der Waals surface area contributed by atoms with E-state index in [-0.39, 0.29) is 40.4 Å². The lowest BCUT2D eigenvalue weighted by atomic mass is 10.1. The van der Waals surface area contributed by atoms with Crippen molar-refractivity contribution in [2.45, 2.75) is 6.61 Å². The minimum Gasteiger partial charge on any atom is -0.507 e. The normalized spacial score (nSPS) is 11.0. The molecule has 0 unspecified atom stereocenters. The van der Waals surface area contributed by atoms with Gasteiger partial charge in [-0.1, -0.05) is 12.1 Å². The fraction of sp³-hybridized carbons (Fsp3) is 0.0455. The van der Waals surface area contributed by atoms with Crippen molar-refractivity contribution >= 4 is 33.6 Å². The number of fused-ring (bicyclic) bond motifs is 1. The van der Waals surface area contributed by atoms with E-state index in [4.69, 9.17) is 9.15 Å². The molecule has 0 amide bonds. The van der Waals surface area contributed by atoms with Crippen molar-refractivity contribution in [3.8, 4) is 40.1 Å². The van der Waals surface area contributed by atoms with Gasteiger partial charge in [0.15, 0.2) is 17.3 Å². The third kappa shape index (κ3) is 3.73. The fourth-order valence-corrected chi connectivity index (χ4v) is 3.32. The molecule has 0 radical (unpaired) electrons. The Morgan fingerprint density at radius 3 is 2.30 bits per heavy atom. The van der Waals surface area contributed by atoms with E-state index in [0.717, 1.165) is 15.2 Å². The molecule has 152 valence electrons. The van der Waals surface area contributed by atoms with Crippen molar-refractivity contribution in [2.24, 2.45) is 0 Å². The Balaban J connectivity index is 1.77. The van der Waals surface area contributed by atoms with Crippen molar-refractivity contribution in [1.82, 2.24) is 0 Å². The van der Waals surface area contributed by atoms with Crippen LogP contribution in [-0.4, -0.2) is 20.4 Å². The lowest BCUT2D eigenvalue weighted by Gasteiger charge is -2.11. The predicted octanol–water partition coefficient (Wildman–Crippen LogP) is 4.47. The highest BCUT2D eigenvalue weighted by atomic mass is 127. The van der Waals surface area contributed by atoms with Crippen LogP contribution in [0.3, 0.4) is 0 Å². The van der Waals surface area contributed by atoms with Crippen LogP contribution in [0.2, 0.25) is 0 Å². The molecular formula is C22H15IO7. The highest BCUT2D eigenvalue weighted by molar-refractivity contribution is 14.1. The summed E-state index contributed by atoms with van der Waals surface area (Å²) in [5, 5.41) is 39.6. The minimum absolute atomic E-state index is 0.00188. The molecule has 0 aliphatic rings. The number of aromatic hydroxyl groups is 4. The molecule has 1 heterocycles. The van der Waals surface area contributed by atoms with Crippen LogP contribution in [0.1, 0.15) is 5.56 Å². The third-order valence-corrected chi connectivity index (χ3v) is 5.20. The zero-order valence-corrected chi connectivity index (χ0v) is 17.5. The summed E-state index contributed by atoms with van der Waals surface area (Å²) in [6.45, 7) is 0.239. The molecule has 0 aliphatic heterocycles. The predicted molar refractivity (Wildman–Crippen MR) is 118 cm³/mol. The van der Waals surface area contributed by atoms with Gasteiger partial charge in [-0.3, -0.25) is 4.79 Å². The molecule has 4 N–H and O–H groups in total. The molecule has 0 fully saturated rings. The molecule has 0 atom stereocenters. The largest absolute Gasteiger partial charge is 0.507 e. The van der Waals surface area contributed by atoms with Crippen LogP contribution in [0.15, 0.2) is 63.8 Å². The molecule has 0 aliphatic carbocycles. The second-order valence-electron chi connectivity index (χ2n) is 6.54. The van der Waals surface area contributed by atoms with Crippen LogP contribution >= 0.6 is 22.6 Å². The van der Waals surface area contributed by atoms with E-state index >= 15 is 0 Å². The van der Waals surface area contributed by atoms with E-state index in [9.17, 15) is 25.2 Å². The second kappa shape index (κ2) is 7.79. The van der Waals surface area contributed by atoms with E-state index in [2.05, 4.69) is 22.6 Å². The molecule has 4 aromatic rings. The fourth-order valence-electron chi connectivity index (χ4n) is 2.96. The van der Waals surface area contributed by atoms with Gasteiger partial charge in [0.1, 0.15) is 29.1 Å². The van der Waals surface area contributed by atoms with Gasteiger partial charge >= 0.3 is 0 Å². The minimum atomic E-state index is -0.833. The maximum absolute atomic E-state index is 12.6. The van der Waals surface area contributed by atoms with Crippen LogP contribution in [0.5, 0.6) is 28.7 Å². The highest BCUT2D eigenvalue weighted by Gasteiger charge is 2.20. The summed E-state index contributed by atoms with van der Waals surface area (Å²) >= 11 is 2.20. The summed E-state index contributed by atoms with van der Waals surface area (Å²) in [4.78, 5) is 12.6. The van der Waals surface area contributed by atoms with Gasteiger partial charge in [0.05, 0.1) is 0 Å². The van der Waals surface area contributed by atoms with Gasteiger partial charge in [-0.25, -0.2) is 0 Å². The van der Waals surface area contributed by atoms with Crippen molar-refractivity contribution in [3.63, 3.8) is 0 Å². The Bertz CT molecular complexity index is 1310. The summed E-state index contributed by atoms with van der Waals surface area (Å²) in [6.07, 6.45) is 0. The number of hydrogen-bond acceptors (Lipinski definition) is 7. The topological polar surface area (TPSA) is 120 Å². The van der Waals surface area contributed by atoms with Crippen LogP contribution < -0.4 is 10.2 Å². The Morgan fingerprint density at radius 1 is 0.867 bits per heavy atom. The Morgan fingerprint density at radius 2 is 1.60 bits per heavy atom.